The van der Waals surface area contributed by atoms with Crippen molar-refractivity contribution in [2.75, 3.05) is 11.6 Å². The van der Waals surface area contributed by atoms with Gasteiger partial charge in [-0.1, -0.05) is 23.4 Å². The topological polar surface area (TPSA) is 28.0 Å². The minimum Gasteiger partial charge on any atom is -0.247 e. The summed E-state index contributed by atoms with van der Waals surface area (Å²) in [4.78, 5) is 0. The number of nitrogens with zero attached hydrogens (tertiary/aromatic N) is 3. The molecule has 14 heavy (non-hydrogen) atoms. The first kappa shape index (κ1) is 8.94. The lowest BCUT2D eigenvalue weighted by Crippen LogP contribution is -2.23. The van der Waals surface area contributed by atoms with Crippen molar-refractivity contribution in [2.24, 2.45) is 10.3 Å². The van der Waals surface area contributed by atoms with Crippen LogP contribution < -0.4 is 5.01 Å². The summed E-state index contributed by atoms with van der Waals surface area (Å²) in [5.74, 6) is 0. The highest BCUT2D eigenvalue weighted by Crippen LogP contribution is 2.26. The Bertz CT molecular complexity index is 357. The van der Waals surface area contributed by atoms with Gasteiger partial charge in [-0.15, -0.1) is 5.11 Å². The molecule has 0 spiro atoms. The maximum absolute atomic E-state index is 5.15. The van der Waals surface area contributed by atoms with E-state index < -0.39 is 0 Å². The third-order valence-electron chi connectivity index (χ3n) is 2.31. The summed E-state index contributed by atoms with van der Waals surface area (Å²) in [5, 5.41) is 9.61. The van der Waals surface area contributed by atoms with Crippen LogP contribution in [-0.4, -0.2) is 6.54 Å². The van der Waals surface area contributed by atoms with E-state index in [1.807, 2.05) is 11.1 Å². The Labute approximate surface area is 83.7 Å². The third kappa shape index (κ3) is 1.66. The van der Waals surface area contributed by atoms with Gasteiger partial charge in [0.05, 0.1) is 11.9 Å². The largest absolute Gasteiger partial charge is 0.247 e. The zero-order chi connectivity index (χ0) is 9.80. The van der Waals surface area contributed by atoms with Crippen molar-refractivity contribution in [1.82, 2.24) is 0 Å². The van der Waals surface area contributed by atoms with E-state index in [1.54, 1.807) is 0 Å². The van der Waals surface area contributed by atoms with E-state index in [9.17, 15) is 0 Å². The van der Waals surface area contributed by atoms with Crippen LogP contribution in [0.15, 0.2) is 40.8 Å². The monoisotopic (exact) mass is 186 g/mol. The van der Waals surface area contributed by atoms with Gasteiger partial charge in [-0.3, -0.25) is 0 Å². The molecule has 1 aliphatic heterocycles. The Balaban J connectivity index is 2.30. The molecule has 1 aromatic carbocycles. The Morgan fingerprint density at radius 3 is 3.07 bits per heavy atom. The first-order chi connectivity index (χ1) is 6.92. The van der Waals surface area contributed by atoms with Crippen molar-refractivity contribution in [3.05, 3.63) is 42.6 Å². The van der Waals surface area contributed by atoms with Crippen molar-refractivity contribution < 1.29 is 0 Å². The molecule has 0 aromatic heterocycles. The van der Waals surface area contributed by atoms with Gasteiger partial charge in [0.15, 0.2) is 0 Å². The maximum Gasteiger partial charge on any atom is 0.0643 e. The minimum atomic E-state index is 0.911. The van der Waals surface area contributed by atoms with Gasteiger partial charge >= 0.3 is 0 Å². The fourth-order valence-electron chi connectivity index (χ4n) is 1.70. The number of fused-ring (bicyclic) bond motifs is 1. The van der Waals surface area contributed by atoms with Gasteiger partial charge in [0.25, 0.3) is 0 Å². The molecule has 2 rings (SSSR count). The molecule has 0 saturated carbocycles. The Kier molecular flexibility index (Phi) is 2.58. The van der Waals surface area contributed by atoms with Gasteiger partial charge < -0.3 is 0 Å². The molecule has 0 fully saturated rings. The highest BCUT2D eigenvalue weighted by atomic mass is 15.5. The Morgan fingerprint density at radius 2 is 2.21 bits per heavy atom. The molecule has 1 aliphatic rings. The van der Waals surface area contributed by atoms with Gasteiger partial charge in [0.2, 0.25) is 0 Å². The normalized spacial score (nSPS) is 15.6. The summed E-state index contributed by atoms with van der Waals surface area (Å²) in [6.07, 6.45) is 3.44. The van der Waals surface area contributed by atoms with Gasteiger partial charge in [-0.2, -0.15) is 0 Å². The average Bonchev–Trinajstić information content (AvgIpc) is 2.26. The summed E-state index contributed by atoms with van der Waals surface area (Å²) in [6, 6.07) is 8.25. The molecule has 1 aromatic rings. The highest BCUT2D eigenvalue weighted by molar-refractivity contribution is 5.54. The van der Waals surface area contributed by atoms with Crippen molar-refractivity contribution in [3.63, 3.8) is 0 Å². The number of rotatable bonds is 2. The number of anilines is 1. The fraction of sp³-hybridized carbons (Fsp3) is 0.273. The van der Waals surface area contributed by atoms with Crippen LogP contribution >= 0.6 is 0 Å². The van der Waals surface area contributed by atoms with Crippen LogP contribution in [0.2, 0.25) is 0 Å². The standard InChI is InChI=1S/C11H12N3/c1-2-12-13-14-9-5-7-10-6-3-4-8-11(10)14/h1-4,6,8H,5,7,9H2. The molecule has 0 saturated heterocycles. The van der Waals surface area contributed by atoms with E-state index in [2.05, 4.69) is 28.5 Å². The number of benzene rings is 1. The van der Waals surface area contributed by atoms with Crippen LogP contribution in [0.5, 0.6) is 0 Å². The SMILES string of the molecule is [CH]=CN=NN1CCCc2ccccc21. The van der Waals surface area contributed by atoms with E-state index in [-0.39, 0.29) is 0 Å². The summed E-state index contributed by atoms with van der Waals surface area (Å²) >= 11 is 0. The number of hydrogen-bond donors (Lipinski definition) is 0. The first-order valence-corrected chi connectivity index (χ1v) is 4.71. The lowest BCUT2D eigenvalue weighted by atomic mass is 10.0. The van der Waals surface area contributed by atoms with E-state index >= 15 is 0 Å². The van der Waals surface area contributed by atoms with E-state index in [1.165, 1.54) is 11.8 Å². The van der Waals surface area contributed by atoms with Crippen molar-refractivity contribution in [2.45, 2.75) is 12.8 Å². The highest BCUT2D eigenvalue weighted by Gasteiger charge is 2.14. The van der Waals surface area contributed by atoms with Crippen molar-refractivity contribution in [1.29, 1.82) is 0 Å². The van der Waals surface area contributed by atoms with Gasteiger partial charge in [-0.25, -0.2) is 5.01 Å². The van der Waals surface area contributed by atoms with Crippen molar-refractivity contribution in [3.8, 4) is 0 Å². The molecule has 0 N–H and O–H groups in total. The number of hydrogen-bond acceptors (Lipinski definition) is 2. The van der Waals surface area contributed by atoms with Crippen LogP contribution in [0, 0.1) is 6.58 Å². The fourth-order valence-corrected chi connectivity index (χ4v) is 1.70. The lowest BCUT2D eigenvalue weighted by molar-refractivity contribution is 0.693. The van der Waals surface area contributed by atoms with Crippen LogP contribution in [0.1, 0.15) is 12.0 Å². The molecule has 3 nitrogen and oxygen atoms in total. The third-order valence-corrected chi connectivity index (χ3v) is 2.31. The van der Waals surface area contributed by atoms with E-state index in [0.717, 1.165) is 25.1 Å². The van der Waals surface area contributed by atoms with E-state index in [4.69, 9.17) is 6.58 Å². The molecule has 0 amide bonds. The van der Waals surface area contributed by atoms with Gasteiger partial charge in [-0.05, 0) is 31.1 Å². The second kappa shape index (κ2) is 4.05. The van der Waals surface area contributed by atoms with Crippen LogP contribution in [-0.2, 0) is 6.42 Å². The molecule has 1 radical (unpaired) electrons. The molecule has 3 heteroatoms. The molecular weight excluding hydrogens is 174 g/mol. The number of para-hydroxylation sites is 1. The molecular formula is C11H12N3. The lowest BCUT2D eigenvalue weighted by Gasteiger charge is -2.25. The predicted octanol–water partition coefficient (Wildman–Crippen LogP) is 2.75. The molecule has 0 aliphatic carbocycles. The van der Waals surface area contributed by atoms with Crippen LogP contribution in [0.25, 0.3) is 0 Å². The minimum absolute atomic E-state index is 0.911. The molecule has 0 atom stereocenters. The Hall–Kier alpha value is -1.64. The zero-order valence-electron chi connectivity index (χ0n) is 7.93. The second-order valence-electron chi connectivity index (χ2n) is 3.21. The first-order valence-electron chi connectivity index (χ1n) is 4.71. The van der Waals surface area contributed by atoms with Crippen molar-refractivity contribution >= 4 is 5.69 Å². The summed E-state index contributed by atoms with van der Waals surface area (Å²) in [6.45, 7) is 6.06. The van der Waals surface area contributed by atoms with E-state index in [0.29, 0.717) is 0 Å². The van der Waals surface area contributed by atoms with Gasteiger partial charge in [0.1, 0.15) is 0 Å². The van der Waals surface area contributed by atoms with Crippen LogP contribution in [0.3, 0.4) is 0 Å². The smallest absolute Gasteiger partial charge is 0.0643 e. The molecule has 0 bridgehead atoms. The van der Waals surface area contributed by atoms with Crippen LogP contribution in [0.4, 0.5) is 5.69 Å². The molecule has 1 heterocycles. The van der Waals surface area contributed by atoms with Gasteiger partial charge in [0, 0.05) is 6.54 Å². The molecule has 71 valence electrons. The average molecular weight is 186 g/mol. The Morgan fingerprint density at radius 1 is 1.36 bits per heavy atom. The number of aryl methyl sites for hydroxylation is 1. The second-order valence-corrected chi connectivity index (χ2v) is 3.21. The maximum atomic E-state index is 5.15. The zero-order valence-corrected chi connectivity index (χ0v) is 7.93. The summed E-state index contributed by atoms with van der Waals surface area (Å²) in [5.41, 5.74) is 2.47. The molecule has 0 unspecified atom stereocenters. The quantitative estimate of drug-likeness (QED) is 0.653. The summed E-state index contributed by atoms with van der Waals surface area (Å²) in [7, 11) is 0. The predicted molar refractivity (Wildman–Crippen MR) is 55.8 cm³/mol. The summed E-state index contributed by atoms with van der Waals surface area (Å²) < 4.78 is 0.